The first-order chi connectivity index (χ1) is 34.0. The summed E-state index contributed by atoms with van der Waals surface area (Å²) >= 11 is 0. The van der Waals surface area contributed by atoms with Crippen molar-refractivity contribution in [3.63, 3.8) is 0 Å². The Labute approximate surface area is 434 Å². The molecule has 0 heterocycles. The molecule has 0 saturated heterocycles. The Balaban J connectivity index is 3.89. The Kier molecular flexibility index (Phi) is 50.7. The van der Waals surface area contributed by atoms with Gasteiger partial charge in [0.2, 0.25) is 5.91 Å². The van der Waals surface area contributed by atoms with Gasteiger partial charge in [0.1, 0.15) is 13.2 Å². The molecule has 0 saturated carbocycles. The van der Waals surface area contributed by atoms with Crippen LogP contribution in [0.1, 0.15) is 271 Å². The lowest BCUT2D eigenvalue weighted by Gasteiger charge is -2.30. The standard InChI is InChI=1S/C61H115N2O6P/c1-6-8-10-12-14-16-18-19-20-21-22-23-24-25-26-27-28-29-30-31-32-33-34-35-36-37-38-39-40-41-42-43-45-47-49-51-53-55-61(65)62-59(58-69-70(66,67)68-57-56-63(3,4)5)60(64)54-52-50-48-46-44-17-15-13-11-9-7-2/h8,10,14,16,19-20,22-23,25-26,59-60,64H,6-7,9,11-13,15,17-18,21,24,27-58H2,1-5H3,(H-,62,65,66,67)/b10-8-,16-14-,20-19-,23-22-,26-25-. The number of aliphatic hydroxyl groups excluding tert-OH is 1. The summed E-state index contributed by atoms with van der Waals surface area (Å²) in [4.78, 5) is 25.4. The molecule has 0 aliphatic rings. The zero-order chi connectivity index (χ0) is 51.3. The van der Waals surface area contributed by atoms with Crippen molar-refractivity contribution >= 4 is 13.7 Å². The van der Waals surface area contributed by atoms with Gasteiger partial charge in [-0.3, -0.25) is 9.36 Å². The zero-order valence-corrected chi connectivity index (χ0v) is 47.6. The molecule has 8 nitrogen and oxygen atoms in total. The van der Waals surface area contributed by atoms with Crippen LogP contribution in [0, 0.1) is 0 Å². The van der Waals surface area contributed by atoms with Crippen molar-refractivity contribution in [2.75, 3.05) is 40.9 Å². The van der Waals surface area contributed by atoms with E-state index in [0.29, 0.717) is 23.9 Å². The number of aliphatic hydroxyl groups is 1. The maximum atomic E-state index is 12.9. The summed E-state index contributed by atoms with van der Waals surface area (Å²) in [6.07, 6.45) is 69.9. The predicted octanol–water partition coefficient (Wildman–Crippen LogP) is 17.5. The fraction of sp³-hybridized carbons (Fsp3) is 0.820. The number of rotatable bonds is 54. The van der Waals surface area contributed by atoms with Crippen LogP contribution in [0.15, 0.2) is 60.8 Å². The van der Waals surface area contributed by atoms with Crippen molar-refractivity contribution in [3.8, 4) is 0 Å². The lowest BCUT2D eigenvalue weighted by molar-refractivity contribution is -0.870. The molecular formula is C61H115N2O6P. The summed E-state index contributed by atoms with van der Waals surface area (Å²) in [5.74, 6) is -0.163. The highest BCUT2D eigenvalue weighted by Gasteiger charge is 2.24. The molecule has 2 N–H and O–H groups in total. The van der Waals surface area contributed by atoms with Crippen LogP contribution in [0.4, 0.5) is 0 Å². The van der Waals surface area contributed by atoms with Crippen LogP contribution in [0.2, 0.25) is 0 Å². The third-order valence-corrected chi connectivity index (χ3v) is 14.2. The molecule has 0 aromatic rings. The second-order valence-electron chi connectivity index (χ2n) is 21.3. The number of phosphoric ester groups is 1. The molecule has 9 heteroatoms. The Morgan fingerprint density at radius 2 is 0.871 bits per heavy atom. The quantitative estimate of drug-likeness (QED) is 0.0272. The number of quaternary nitrogens is 1. The largest absolute Gasteiger partial charge is 0.756 e. The van der Waals surface area contributed by atoms with Crippen LogP contribution >= 0.6 is 7.82 Å². The topological polar surface area (TPSA) is 108 Å². The fourth-order valence-corrected chi connectivity index (χ4v) is 9.38. The van der Waals surface area contributed by atoms with E-state index in [0.717, 1.165) is 70.6 Å². The maximum Gasteiger partial charge on any atom is 0.268 e. The minimum Gasteiger partial charge on any atom is -0.756 e. The van der Waals surface area contributed by atoms with E-state index < -0.39 is 20.0 Å². The lowest BCUT2D eigenvalue weighted by Crippen LogP contribution is -2.46. The summed E-state index contributed by atoms with van der Waals surface area (Å²) in [6.45, 7) is 4.61. The minimum atomic E-state index is -4.57. The van der Waals surface area contributed by atoms with Gasteiger partial charge in [0, 0.05) is 6.42 Å². The number of likely N-dealkylation sites (N-methyl/N-ethyl adjacent to an activating group) is 1. The number of phosphoric acid groups is 1. The highest BCUT2D eigenvalue weighted by atomic mass is 31.2. The van der Waals surface area contributed by atoms with Crippen LogP contribution in [0.5, 0.6) is 0 Å². The number of hydrogen-bond donors (Lipinski definition) is 2. The average Bonchev–Trinajstić information content (AvgIpc) is 3.32. The number of carbonyl (C=O) groups excluding carboxylic acids is 1. The van der Waals surface area contributed by atoms with Crippen molar-refractivity contribution in [3.05, 3.63) is 60.8 Å². The predicted molar refractivity (Wildman–Crippen MR) is 302 cm³/mol. The first kappa shape index (κ1) is 68.2. The lowest BCUT2D eigenvalue weighted by atomic mass is 10.0. The van der Waals surface area contributed by atoms with Gasteiger partial charge in [0.25, 0.3) is 7.82 Å². The molecule has 0 aromatic heterocycles. The van der Waals surface area contributed by atoms with Crippen LogP contribution in [0.25, 0.3) is 0 Å². The highest BCUT2D eigenvalue weighted by molar-refractivity contribution is 7.45. The second kappa shape index (κ2) is 52.1. The summed E-state index contributed by atoms with van der Waals surface area (Å²) in [6, 6.07) is -0.798. The molecule has 0 aliphatic carbocycles. The van der Waals surface area contributed by atoms with Gasteiger partial charge < -0.3 is 28.8 Å². The zero-order valence-electron chi connectivity index (χ0n) is 46.7. The SMILES string of the molecule is CC/C=C\C/C=C\C/C=C\C/C=C\C/C=C\CCCCCCCCCCCCCCCCCCCCCCCC(=O)NC(COP(=O)([O-])OCC[N+](C)(C)C)C(O)CCCCCCCCCCCCC. The Morgan fingerprint density at radius 3 is 1.27 bits per heavy atom. The number of hydrogen-bond acceptors (Lipinski definition) is 6. The molecule has 1 amide bonds. The summed E-state index contributed by atoms with van der Waals surface area (Å²) in [7, 11) is 1.31. The van der Waals surface area contributed by atoms with E-state index in [1.54, 1.807) is 0 Å². The number of unbranched alkanes of at least 4 members (excludes halogenated alkanes) is 31. The molecule has 3 atom stereocenters. The molecule has 410 valence electrons. The molecule has 0 rings (SSSR count). The molecule has 3 unspecified atom stereocenters. The first-order valence-electron chi connectivity index (χ1n) is 29.6. The van der Waals surface area contributed by atoms with Crippen LogP contribution in [0.3, 0.4) is 0 Å². The van der Waals surface area contributed by atoms with E-state index in [-0.39, 0.29) is 19.1 Å². The van der Waals surface area contributed by atoms with Gasteiger partial charge in [-0.05, 0) is 57.8 Å². The van der Waals surface area contributed by atoms with E-state index in [4.69, 9.17) is 9.05 Å². The molecule has 70 heavy (non-hydrogen) atoms. The molecule has 0 fully saturated rings. The van der Waals surface area contributed by atoms with Crippen LogP contribution in [-0.4, -0.2) is 68.5 Å². The fourth-order valence-electron chi connectivity index (χ4n) is 8.66. The normalized spacial score (nSPS) is 14.3. The smallest absolute Gasteiger partial charge is 0.268 e. The van der Waals surface area contributed by atoms with Gasteiger partial charge in [-0.15, -0.1) is 0 Å². The summed E-state index contributed by atoms with van der Waals surface area (Å²) in [5, 5.41) is 14.0. The van der Waals surface area contributed by atoms with Gasteiger partial charge in [-0.1, -0.05) is 267 Å². The average molecular weight is 1000 g/mol. The second-order valence-corrected chi connectivity index (χ2v) is 22.7. The third-order valence-electron chi connectivity index (χ3n) is 13.3. The minimum absolute atomic E-state index is 0.0127. The Morgan fingerprint density at radius 1 is 0.514 bits per heavy atom. The van der Waals surface area contributed by atoms with E-state index in [9.17, 15) is 19.4 Å². The van der Waals surface area contributed by atoms with Crippen molar-refractivity contribution in [1.82, 2.24) is 5.32 Å². The van der Waals surface area contributed by atoms with Gasteiger partial charge >= 0.3 is 0 Å². The van der Waals surface area contributed by atoms with Gasteiger partial charge in [0.05, 0.1) is 39.9 Å². The number of nitrogens with one attached hydrogen (secondary N) is 1. The van der Waals surface area contributed by atoms with Crippen LogP contribution in [-0.2, 0) is 18.4 Å². The van der Waals surface area contributed by atoms with Crippen molar-refractivity contribution in [2.45, 2.75) is 283 Å². The van der Waals surface area contributed by atoms with E-state index in [2.05, 4.69) is 79.9 Å². The van der Waals surface area contributed by atoms with Gasteiger partial charge in [0.15, 0.2) is 0 Å². The molecular weight excluding hydrogens is 888 g/mol. The van der Waals surface area contributed by atoms with E-state index in [1.807, 2.05) is 21.1 Å². The van der Waals surface area contributed by atoms with Crippen molar-refractivity contribution in [1.29, 1.82) is 0 Å². The third kappa shape index (κ3) is 54.0. The van der Waals surface area contributed by atoms with Crippen molar-refractivity contribution < 1.29 is 32.9 Å². The molecule has 0 spiro atoms. The number of amides is 1. The monoisotopic (exact) mass is 1000 g/mol. The number of nitrogens with zero attached hydrogens (tertiary/aromatic N) is 1. The molecule has 0 radical (unpaired) electrons. The number of carbonyl (C=O) groups is 1. The maximum absolute atomic E-state index is 12.9. The van der Waals surface area contributed by atoms with E-state index in [1.165, 1.54) is 173 Å². The Bertz CT molecular complexity index is 1320. The summed E-state index contributed by atoms with van der Waals surface area (Å²) < 4.78 is 23.3. The highest BCUT2D eigenvalue weighted by Crippen LogP contribution is 2.38. The van der Waals surface area contributed by atoms with Gasteiger partial charge in [-0.25, -0.2) is 0 Å². The van der Waals surface area contributed by atoms with Crippen molar-refractivity contribution in [2.24, 2.45) is 0 Å². The van der Waals surface area contributed by atoms with Crippen LogP contribution < -0.4 is 10.2 Å². The Hall–Kier alpha value is -1.80. The summed E-state index contributed by atoms with van der Waals surface area (Å²) in [5.41, 5.74) is 0. The number of allylic oxidation sites excluding steroid dienone is 10. The molecule has 0 aromatic carbocycles. The van der Waals surface area contributed by atoms with E-state index >= 15 is 0 Å². The molecule has 0 aliphatic heterocycles. The molecule has 0 bridgehead atoms. The first-order valence-corrected chi connectivity index (χ1v) is 31.1. The van der Waals surface area contributed by atoms with Gasteiger partial charge in [-0.2, -0.15) is 0 Å².